The van der Waals surface area contributed by atoms with E-state index in [-0.39, 0.29) is 17.1 Å². The second-order valence-corrected chi connectivity index (χ2v) is 12.1. The third kappa shape index (κ3) is 8.41. The molecule has 2 N–H and O–H groups in total. The zero-order chi connectivity index (χ0) is 27.9. The van der Waals surface area contributed by atoms with Gasteiger partial charge >= 0.3 is 6.09 Å². The van der Waals surface area contributed by atoms with Crippen LogP contribution in [0.15, 0.2) is 47.4 Å². The number of aryl methyl sites for hydroxylation is 1. The fourth-order valence-corrected chi connectivity index (χ4v) is 5.70. The number of carbonyl (C=O) groups excluding carboxylic acids is 1. The number of ether oxygens (including phenoxy) is 4. The summed E-state index contributed by atoms with van der Waals surface area (Å²) in [6, 6.07) is 12.8. The first-order chi connectivity index (χ1) is 18.6. The number of cyclic esters (lactones) is 1. The lowest BCUT2D eigenvalue weighted by molar-refractivity contribution is -0.180. The van der Waals surface area contributed by atoms with Crippen LogP contribution in [-0.4, -0.2) is 51.5 Å². The number of hydrogen-bond donors (Lipinski definition) is 1. The quantitative estimate of drug-likeness (QED) is 0.321. The van der Waals surface area contributed by atoms with Gasteiger partial charge in [0.1, 0.15) is 11.9 Å². The molecule has 1 atom stereocenters. The van der Waals surface area contributed by atoms with Crippen LogP contribution in [0.2, 0.25) is 0 Å². The number of sulfonamides is 1. The largest absolute Gasteiger partial charge is 0.463 e. The van der Waals surface area contributed by atoms with Gasteiger partial charge in [-0.25, -0.2) is 18.4 Å². The Morgan fingerprint density at radius 2 is 1.77 bits per heavy atom. The van der Waals surface area contributed by atoms with Crippen molar-refractivity contribution in [1.29, 1.82) is 0 Å². The molecule has 1 amide bonds. The van der Waals surface area contributed by atoms with Crippen molar-refractivity contribution in [1.82, 2.24) is 4.90 Å². The Bertz CT molecular complexity index is 1230. The molecule has 39 heavy (non-hydrogen) atoms. The summed E-state index contributed by atoms with van der Waals surface area (Å²) < 4.78 is 46.3. The van der Waals surface area contributed by atoms with Crippen molar-refractivity contribution in [2.75, 3.05) is 26.3 Å². The van der Waals surface area contributed by atoms with E-state index in [1.165, 1.54) is 0 Å². The third-order valence-electron chi connectivity index (χ3n) is 7.01. The SMILES string of the molecule is CC1(C)OCc2cc(C3CN(CCCCCCOCCCCc4ccccc4S(N)(=O)=O)C(=O)O3)ccc2O1. The van der Waals surface area contributed by atoms with Gasteiger partial charge in [0.15, 0.2) is 0 Å². The minimum atomic E-state index is -3.69. The van der Waals surface area contributed by atoms with E-state index in [9.17, 15) is 13.2 Å². The maximum absolute atomic E-state index is 12.4. The normalized spacial score (nSPS) is 18.5. The molecule has 0 saturated carbocycles. The zero-order valence-electron chi connectivity index (χ0n) is 22.9. The zero-order valence-corrected chi connectivity index (χ0v) is 23.7. The fourth-order valence-electron chi connectivity index (χ4n) is 4.89. The van der Waals surface area contributed by atoms with E-state index in [4.69, 9.17) is 24.1 Å². The summed E-state index contributed by atoms with van der Waals surface area (Å²) in [4.78, 5) is 14.4. The lowest BCUT2D eigenvalue weighted by atomic mass is 10.0. The lowest BCUT2D eigenvalue weighted by Gasteiger charge is -2.32. The van der Waals surface area contributed by atoms with Crippen LogP contribution in [-0.2, 0) is 37.3 Å². The Kier molecular flexibility index (Phi) is 9.87. The number of rotatable bonds is 14. The van der Waals surface area contributed by atoms with E-state index in [1.54, 1.807) is 17.0 Å². The predicted octanol–water partition coefficient (Wildman–Crippen LogP) is 5.07. The third-order valence-corrected chi connectivity index (χ3v) is 8.02. The molecule has 2 aromatic rings. The van der Waals surface area contributed by atoms with E-state index in [0.29, 0.717) is 39.3 Å². The number of nitrogens with zero attached hydrogens (tertiary/aromatic N) is 1. The summed E-state index contributed by atoms with van der Waals surface area (Å²) in [5, 5.41) is 5.29. The molecule has 4 rings (SSSR count). The Morgan fingerprint density at radius 3 is 2.56 bits per heavy atom. The van der Waals surface area contributed by atoms with Crippen molar-refractivity contribution >= 4 is 16.1 Å². The molecule has 2 aliphatic rings. The standard InChI is InChI=1S/C29H40N2O7S/c1-29(2)36-21-24-19-23(14-15-25(24)38-29)26-20-31(28(32)37-26)16-8-3-4-9-17-35-18-10-7-12-22-11-5-6-13-27(22)39(30,33)34/h5-6,11,13-15,19,26H,3-4,7-10,12,16-18,20-21H2,1-2H3,(H2,30,33,34). The highest BCUT2D eigenvalue weighted by atomic mass is 32.2. The summed E-state index contributed by atoms with van der Waals surface area (Å²) >= 11 is 0. The van der Waals surface area contributed by atoms with Crippen molar-refractivity contribution in [3.8, 4) is 5.75 Å². The van der Waals surface area contributed by atoms with Gasteiger partial charge in [-0.3, -0.25) is 0 Å². The number of nitrogens with two attached hydrogens (primary N) is 1. The van der Waals surface area contributed by atoms with Crippen LogP contribution in [0.25, 0.3) is 0 Å². The number of fused-ring (bicyclic) bond motifs is 1. The van der Waals surface area contributed by atoms with Crippen LogP contribution in [0.5, 0.6) is 5.75 Å². The maximum atomic E-state index is 12.4. The first-order valence-corrected chi connectivity index (χ1v) is 15.3. The van der Waals surface area contributed by atoms with Gasteiger partial charge in [0.25, 0.3) is 0 Å². The van der Waals surface area contributed by atoms with Gasteiger partial charge in [-0.15, -0.1) is 0 Å². The van der Waals surface area contributed by atoms with Crippen molar-refractivity contribution in [2.45, 2.75) is 82.2 Å². The van der Waals surface area contributed by atoms with E-state index in [0.717, 1.165) is 61.0 Å². The molecule has 2 aliphatic heterocycles. The van der Waals surface area contributed by atoms with Gasteiger partial charge in [0.05, 0.1) is 18.0 Å². The Morgan fingerprint density at radius 1 is 1.03 bits per heavy atom. The average molecular weight is 561 g/mol. The second-order valence-electron chi connectivity index (χ2n) is 10.6. The van der Waals surface area contributed by atoms with Gasteiger partial charge in [-0.2, -0.15) is 0 Å². The molecule has 0 spiro atoms. The molecule has 10 heteroatoms. The molecule has 1 fully saturated rings. The maximum Gasteiger partial charge on any atom is 0.410 e. The van der Waals surface area contributed by atoms with Crippen LogP contribution in [0.3, 0.4) is 0 Å². The molecule has 0 bridgehead atoms. The number of unbranched alkanes of at least 4 members (excludes halogenated alkanes) is 4. The van der Waals surface area contributed by atoms with E-state index in [2.05, 4.69) is 0 Å². The molecule has 0 aliphatic carbocycles. The molecule has 2 aromatic carbocycles. The van der Waals surface area contributed by atoms with Crippen molar-refractivity contribution < 1.29 is 32.2 Å². The monoisotopic (exact) mass is 560 g/mol. The molecule has 9 nitrogen and oxygen atoms in total. The van der Waals surface area contributed by atoms with Crippen LogP contribution in [0, 0.1) is 0 Å². The lowest BCUT2D eigenvalue weighted by Crippen LogP contribution is -2.35. The molecule has 2 heterocycles. The molecule has 0 aromatic heterocycles. The molecular formula is C29H40N2O7S. The highest BCUT2D eigenvalue weighted by Gasteiger charge is 2.33. The predicted molar refractivity (Wildman–Crippen MR) is 147 cm³/mol. The van der Waals surface area contributed by atoms with Gasteiger partial charge in [0.2, 0.25) is 15.8 Å². The van der Waals surface area contributed by atoms with E-state index >= 15 is 0 Å². The summed E-state index contributed by atoms with van der Waals surface area (Å²) in [6.07, 6.45) is 5.76. The number of amides is 1. The molecule has 214 valence electrons. The highest BCUT2D eigenvalue weighted by molar-refractivity contribution is 7.89. The minimum absolute atomic E-state index is 0.205. The molecule has 0 radical (unpaired) electrons. The molecule has 1 unspecified atom stereocenters. The smallest absolute Gasteiger partial charge is 0.410 e. The number of hydrogen-bond acceptors (Lipinski definition) is 7. The van der Waals surface area contributed by atoms with Gasteiger partial charge in [0, 0.05) is 39.2 Å². The summed E-state index contributed by atoms with van der Waals surface area (Å²) in [6.45, 7) is 6.83. The topological polar surface area (TPSA) is 117 Å². The van der Waals surface area contributed by atoms with Crippen LogP contribution < -0.4 is 9.88 Å². The van der Waals surface area contributed by atoms with Crippen molar-refractivity contribution in [2.24, 2.45) is 5.14 Å². The van der Waals surface area contributed by atoms with Crippen LogP contribution >= 0.6 is 0 Å². The first kappa shape index (κ1) is 29.3. The van der Waals surface area contributed by atoms with Crippen molar-refractivity contribution in [3.05, 3.63) is 59.2 Å². The van der Waals surface area contributed by atoms with Gasteiger partial charge in [-0.1, -0.05) is 37.1 Å². The average Bonchev–Trinajstić information content (AvgIpc) is 3.26. The van der Waals surface area contributed by atoms with Crippen molar-refractivity contribution in [3.63, 3.8) is 0 Å². The van der Waals surface area contributed by atoms with Crippen LogP contribution in [0.4, 0.5) is 4.79 Å². The summed E-state index contributed by atoms with van der Waals surface area (Å²) in [5.41, 5.74) is 2.68. The number of benzene rings is 2. The van der Waals surface area contributed by atoms with E-state index in [1.807, 2.05) is 44.2 Å². The number of primary sulfonamides is 1. The van der Waals surface area contributed by atoms with Gasteiger partial charge in [-0.05, 0) is 61.4 Å². The summed E-state index contributed by atoms with van der Waals surface area (Å²) in [7, 11) is -3.69. The first-order valence-electron chi connectivity index (χ1n) is 13.7. The second kappa shape index (κ2) is 13.1. The molecular weight excluding hydrogens is 520 g/mol. The summed E-state index contributed by atoms with van der Waals surface area (Å²) in [5.74, 6) is 0.176. The highest BCUT2D eigenvalue weighted by Crippen LogP contribution is 2.35. The molecule has 1 saturated heterocycles. The van der Waals surface area contributed by atoms with E-state index < -0.39 is 15.8 Å². The number of carbonyl (C=O) groups is 1. The Hall–Kier alpha value is -2.66. The van der Waals surface area contributed by atoms with Gasteiger partial charge < -0.3 is 23.8 Å². The Balaban J connectivity index is 1.05. The minimum Gasteiger partial charge on any atom is -0.463 e. The van der Waals surface area contributed by atoms with Crippen LogP contribution in [0.1, 0.15) is 75.2 Å². The fraction of sp³-hybridized carbons (Fsp3) is 0.552. The Labute approximate surface area is 231 Å².